The van der Waals surface area contributed by atoms with Crippen LogP contribution in [0.5, 0.6) is 0 Å². The van der Waals surface area contributed by atoms with Crippen molar-refractivity contribution >= 4 is 11.9 Å². The van der Waals surface area contributed by atoms with Gasteiger partial charge in [-0.15, -0.1) is 0 Å². The predicted octanol–water partition coefficient (Wildman–Crippen LogP) is 1.14. The second-order valence-electron chi connectivity index (χ2n) is 4.37. The van der Waals surface area contributed by atoms with Crippen LogP contribution in [0.25, 0.3) is 0 Å². The van der Waals surface area contributed by atoms with Gasteiger partial charge in [0.05, 0.1) is 0 Å². The minimum atomic E-state index is -0.867. The molecule has 0 saturated heterocycles. The van der Waals surface area contributed by atoms with Crippen LogP contribution < -0.4 is 5.32 Å². The fourth-order valence-electron chi connectivity index (χ4n) is 1.63. The molecule has 1 aromatic heterocycles. The monoisotopic (exact) mass is 238 g/mol. The van der Waals surface area contributed by atoms with Crippen molar-refractivity contribution < 1.29 is 14.7 Å². The van der Waals surface area contributed by atoms with E-state index in [0.29, 0.717) is 6.54 Å². The van der Waals surface area contributed by atoms with Gasteiger partial charge in [-0.3, -0.25) is 9.59 Å². The van der Waals surface area contributed by atoms with E-state index in [1.165, 1.54) is 0 Å². The van der Waals surface area contributed by atoms with Crippen LogP contribution in [0.2, 0.25) is 0 Å². The number of rotatable bonds is 6. The van der Waals surface area contributed by atoms with E-state index in [-0.39, 0.29) is 24.7 Å². The second kappa shape index (κ2) is 6.08. The van der Waals surface area contributed by atoms with Crippen LogP contribution in [0.15, 0.2) is 18.5 Å². The highest BCUT2D eigenvalue weighted by Gasteiger charge is 2.12. The lowest BCUT2D eigenvalue weighted by atomic mass is 10.0. The van der Waals surface area contributed by atoms with Crippen LogP contribution in [0.1, 0.15) is 25.3 Å². The summed E-state index contributed by atoms with van der Waals surface area (Å²) >= 11 is 0. The molecule has 1 aromatic rings. The number of aryl methyl sites for hydroxylation is 1. The molecule has 0 spiro atoms. The summed E-state index contributed by atoms with van der Waals surface area (Å²) < 4.78 is 1.91. The summed E-state index contributed by atoms with van der Waals surface area (Å²) in [6, 6.07) is 1.93. The van der Waals surface area contributed by atoms with Gasteiger partial charge in [0.25, 0.3) is 0 Å². The molecule has 0 bridgehead atoms. The third kappa shape index (κ3) is 5.19. The maximum Gasteiger partial charge on any atom is 0.303 e. The molecular weight excluding hydrogens is 220 g/mol. The summed E-state index contributed by atoms with van der Waals surface area (Å²) in [6.45, 7) is 2.25. The van der Waals surface area contributed by atoms with Crippen molar-refractivity contribution in [1.29, 1.82) is 0 Å². The van der Waals surface area contributed by atoms with Crippen molar-refractivity contribution in [3.05, 3.63) is 24.0 Å². The standard InChI is InChI=1S/C12H18N2O3/c1-9(6-12(16)17)5-11(15)13-7-10-3-4-14(2)8-10/h3-4,8-9H,5-7H2,1-2H3,(H,13,15)(H,16,17). The first kappa shape index (κ1) is 13.3. The quantitative estimate of drug-likeness (QED) is 0.780. The summed E-state index contributed by atoms with van der Waals surface area (Å²) in [6.07, 6.45) is 4.12. The molecule has 0 aliphatic carbocycles. The molecule has 5 nitrogen and oxygen atoms in total. The SMILES string of the molecule is CC(CC(=O)O)CC(=O)NCc1ccn(C)c1. The summed E-state index contributed by atoms with van der Waals surface area (Å²) in [5.41, 5.74) is 1.03. The molecule has 1 amide bonds. The molecule has 1 unspecified atom stereocenters. The number of carboxylic acids is 1. The van der Waals surface area contributed by atoms with Crippen LogP contribution in [0, 0.1) is 5.92 Å². The van der Waals surface area contributed by atoms with E-state index in [4.69, 9.17) is 5.11 Å². The molecule has 1 rings (SSSR count). The largest absolute Gasteiger partial charge is 0.481 e. The number of aliphatic carboxylic acids is 1. The van der Waals surface area contributed by atoms with Gasteiger partial charge in [0.1, 0.15) is 0 Å². The number of nitrogens with zero attached hydrogens (tertiary/aromatic N) is 1. The Morgan fingerprint density at radius 1 is 1.47 bits per heavy atom. The number of carbonyl (C=O) groups is 2. The summed E-state index contributed by atoms with van der Waals surface area (Å²) in [7, 11) is 1.92. The third-order valence-corrected chi connectivity index (χ3v) is 2.44. The Bertz CT molecular complexity index is 398. The van der Waals surface area contributed by atoms with Gasteiger partial charge in [-0.1, -0.05) is 6.92 Å². The number of nitrogens with one attached hydrogen (secondary N) is 1. The Kier molecular flexibility index (Phi) is 4.75. The molecule has 0 aliphatic rings. The molecule has 0 aromatic carbocycles. The fraction of sp³-hybridized carbons (Fsp3) is 0.500. The summed E-state index contributed by atoms with van der Waals surface area (Å²) in [5.74, 6) is -1.11. The zero-order chi connectivity index (χ0) is 12.8. The highest BCUT2D eigenvalue weighted by Crippen LogP contribution is 2.07. The Morgan fingerprint density at radius 2 is 2.18 bits per heavy atom. The van der Waals surface area contributed by atoms with Gasteiger partial charge in [0.2, 0.25) is 5.91 Å². The van der Waals surface area contributed by atoms with E-state index in [2.05, 4.69) is 5.32 Å². The van der Waals surface area contributed by atoms with E-state index < -0.39 is 5.97 Å². The Morgan fingerprint density at radius 3 is 2.71 bits per heavy atom. The second-order valence-corrected chi connectivity index (χ2v) is 4.37. The lowest BCUT2D eigenvalue weighted by Crippen LogP contribution is -2.25. The Labute approximate surface area is 100 Å². The number of carboxylic acid groups (broad SMARTS) is 1. The van der Waals surface area contributed by atoms with E-state index in [0.717, 1.165) is 5.56 Å². The van der Waals surface area contributed by atoms with Gasteiger partial charge in [-0.05, 0) is 17.5 Å². The molecule has 94 valence electrons. The summed E-state index contributed by atoms with van der Waals surface area (Å²) in [4.78, 5) is 21.9. The van der Waals surface area contributed by atoms with Crippen LogP contribution in [0.4, 0.5) is 0 Å². The van der Waals surface area contributed by atoms with Crippen molar-refractivity contribution in [2.75, 3.05) is 0 Å². The maximum absolute atomic E-state index is 11.5. The highest BCUT2D eigenvalue weighted by molar-refractivity contribution is 5.77. The molecule has 0 radical (unpaired) electrons. The molecule has 1 atom stereocenters. The maximum atomic E-state index is 11.5. The number of carbonyl (C=O) groups excluding carboxylic acids is 1. The van der Waals surface area contributed by atoms with Gasteiger partial charge in [-0.25, -0.2) is 0 Å². The first-order valence-electron chi connectivity index (χ1n) is 5.56. The topological polar surface area (TPSA) is 71.3 Å². The minimum Gasteiger partial charge on any atom is -0.481 e. The van der Waals surface area contributed by atoms with E-state index >= 15 is 0 Å². The van der Waals surface area contributed by atoms with Gasteiger partial charge in [0.15, 0.2) is 0 Å². The minimum absolute atomic E-state index is 0.0265. The fourth-order valence-corrected chi connectivity index (χ4v) is 1.63. The van der Waals surface area contributed by atoms with E-state index in [9.17, 15) is 9.59 Å². The lowest BCUT2D eigenvalue weighted by Gasteiger charge is -2.08. The van der Waals surface area contributed by atoms with Gasteiger partial charge >= 0.3 is 5.97 Å². The van der Waals surface area contributed by atoms with Gasteiger partial charge in [0, 0.05) is 38.8 Å². The van der Waals surface area contributed by atoms with Crippen LogP contribution in [-0.4, -0.2) is 21.6 Å². The summed E-state index contributed by atoms with van der Waals surface area (Å²) in [5, 5.41) is 11.3. The molecule has 0 aliphatic heterocycles. The average Bonchev–Trinajstić information content (AvgIpc) is 2.59. The third-order valence-electron chi connectivity index (χ3n) is 2.44. The van der Waals surface area contributed by atoms with Gasteiger partial charge in [-0.2, -0.15) is 0 Å². The number of hydrogen-bond donors (Lipinski definition) is 2. The predicted molar refractivity (Wildman–Crippen MR) is 63.3 cm³/mol. The molecule has 0 saturated carbocycles. The first-order chi connectivity index (χ1) is 7.97. The number of hydrogen-bond acceptors (Lipinski definition) is 2. The van der Waals surface area contributed by atoms with Crippen molar-refractivity contribution in [3.63, 3.8) is 0 Å². The zero-order valence-corrected chi connectivity index (χ0v) is 10.1. The van der Waals surface area contributed by atoms with E-state index in [1.54, 1.807) is 6.92 Å². The molecule has 17 heavy (non-hydrogen) atoms. The van der Waals surface area contributed by atoms with Crippen molar-refractivity contribution in [1.82, 2.24) is 9.88 Å². The van der Waals surface area contributed by atoms with Crippen molar-refractivity contribution in [3.8, 4) is 0 Å². The molecular formula is C12H18N2O3. The Hall–Kier alpha value is -1.78. The van der Waals surface area contributed by atoms with Crippen LogP contribution in [-0.2, 0) is 23.2 Å². The molecule has 1 heterocycles. The van der Waals surface area contributed by atoms with Crippen LogP contribution in [0.3, 0.4) is 0 Å². The normalized spacial score (nSPS) is 12.1. The zero-order valence-electron chi connectivity index (χ0n) is 10.1. The Balaban J connectivity index is 2.28. The molecule has 5 heteroatoms. The van der Waals surface area contributed by atoms with Crippen molar-refractivity contribution in [2.24, 2.45) is 13.0 Å². The lowest BCUT2D eigenvalue weighted by molar-refractivity contribution is -0.138. The average molecular weight is 238 g/mol. The molecule has 2 N–H and O–H groups in total. The van der Waals surface area contributed by atoms with E-state index in [1.807, 2.05) is 30.1 Å². The number of aromatic nitrogens is 1. The highest BCUT2D eigenvalue weighted by atomic mass is 16.4. The first-order valence-corrected chi connectivity index (χ1v) is 5.56. The van der Waals surface area contributed by atoms with Gasteiger partial charge < -0.3 is 15.0 Å². The van der Waals surface area contributed by atoms with Crippen molar-refractivity contribution in [2.45, 2.75) is 26.3 Å². The number of amides is 1. The van der Waals surface area contributed by atoms with Crippen LogP contribution >= 0.6 is 0 Å². The molecule has 0 fully saturated rings. The smallest absolute Gasteiger partial charge is 0.303 e.